The molecule has 20 nitrogen and oxygen atoms in total. The van der Waals surface area contributed by atoms with Crippen molar-refractivity contribution in [3.63, 3.8) is 0 Å². The number of nitrogens with one attached hydrogen (secondary N) is 2. The van der Waals surface area contributed by atoms with Gasteiger partial charge in [-0.2, -0.15) is 0 Å². The number of carboxylic acids is 2. The number of nitrogens with zero attached hydrogens (tertiary/aromatic N) is 5. The second-order valence-electron chi connectivity index (χ2n) is 16.7. The van der Waals surface area contributed by atoms with E-state index in [-0.39, 0.29) is 44.1 Å². The van der Waals surface area contributed by atoms with Crippen LogP contribution in [0.2, 0.25) is 0 Å². The molecule has 5 aliphatic heterocycles. The lowest BCUT2D eigenvalue weighted by atomic mass is 10.0. The lowest BCUT2D eigenvalue weighted by Gasteiger charge is -2.35. The number of carbonyl (C=O) groups excluding carboxylic acids is 7. The summed E-state index contributed by atoms with van der Waals surface area (Å²) in [7, 11) is 0. The number of nitrogens with two attached hydrogens (primary N) is 1. The van der Waals surface area contributed by atoms with Gasteiger partial charge in [0.25, 0.3) is 0 Å². The Labute approximate surface area is 352 Å². The quantitative estimate of drug-likeness (QED) is 0.128. The number of amides is 7. The van der Waals surface area contributed by atoms with E-state index in [1.165, 1.54) is 43.6 Å². The molecule has 5 saturated heterocycles. The number of rotatable bonds is 14. The average molecular weight is 853 g/mol. The SMILES string of the molecule is C[C@H](NC(=O)[C@@H]1CCCN1C(=O)[C@H](CC(=O)O)NC(=O)[C@@H](N)Cc1ccc(O)cc1)C(=O)N1CCC[C@H]1C(=O)N1CCC[C@H]1C(=O)N1CCC[C@H]1C(=O)N1CCC[C@H]1C(=O)O. The van der Waals surface area contributed by atoms with Crippen LogP contribution in [0, 0.1) is 0 Å². The fraction of sp³-hybridized carbons (Fsp3) is 0.634. The number of likely N-dealkylation sites (tertiary alicyclic amines) is 5. The zero-order valence-corrected chi connectivity index (χ0v) is 34.3. The van der Waals surface area contributed by atoms with Crippen molar-refractivity contribution in [1.82, 2.24) is 35.1 Å². The van der Waals surface area contributed by atoms with Gasteiger partial charge < -0.3 is 56.2 Å². The summed E-state index contributed by atoms with van der Waals surface area (Å²) in [6.07, 6.45) is 3.48. The van der Waals surface area contributed by atoms with Crippen LogP contribution in [0.1, 0.15) is 83.1 Å². The molecule has 61 heavy (non-hydrogen) atoms. The Hall–Kier alpha value is -5.79. The second kappa shape index (κ2) is 19.3. The van der Waals surface area contributed by atoms with Gasteiger partial charge in [0.1, 0.15) is 48.0 Å². The van der Waals surface area contributed by atoms with E-state index in [9.17, 15) is 58.5 Å². The molecule has 5 aliphatic rings. The molecule has 0 aromatic heterocycles. The van der Waals surface area contributed by atoms with Crippen molar-refractivity contribution in [2.24, 2.45) is 5.73 Å². The van der Waals surface area contributed by atoms with E-state index < -0.39 is 102 Å². The summed E-state index contributed by atoms with van der Waals surface area (Å²) in [6.45, 7) is 2.67. The maximum absolute atomic E-state index is 14.2. The van der Waals surface area contributed by atoms with Gasteiger partial charge in [0.05, 0.1) is 12.5 Å². The van der Waals surface area contributed by atoms with Crippen LogP contribution in [0.15, 0.2) is 24.3 Å². The van der Waals surface area contributed by atoms with Crippen LogP contribution >= 0.6 is 0 Å². The molecule has 7 amide bonds. The van der Waals surface area contributed by atoms with Crippen LogP contribution in [-0.4, -0.2) is 174 Å². The summed E-state index contributed by atoms with van der Waals surface area (Å²) < 4.78 is 0. The molecule has 0 bridgehead atoms. The van der Waals surface area contributed by atoms with Crippen LogP contribution in [0.4, 0.5) is 0 Å². The molecule has 0 aliphatic carbocycles. The number of phenolic OH excluding ortho intramolecular Hbond substituents is 1. The number of aromatic hydroxyl groups is 1. The Morgan fingerprint density at radius 3 is 1.54 bits per heavy atom. The van der Waals surface area contributed by atoms with Crippen LogP contribution in [0.25, 0.3) is 0 Å². The highest BCUT2D eigenvalue weighted by Gasteiger charge is 2.48. The number of hydrogen-bond acceptors (Lipinski definition) is 11. The number of hydrogen-bond donors (Lipinski definition) is 6. The number of carbonyl (C=O) groups is 9. The molecule has 1 aromatic carbocycles. The summed E-state index contributed by atoms with van der Waals surface area (Å²) in [5.41, 5.74) is 6.69. The zero-order chi connectivity index (χ0) is 44.1. The first-order valence-corrected chi connectivity index (χ1v) is 21.2. The smallest absolute Gasteiger partial charge is 0.326 e. The Morgan fingerprint density at radius 2 is 1.05 bits per heavy atom. The predicted octanol–water partition coefficient (Wildman–Crippen LogP) is -1.23. The highest BCUT2D eigenvalue weighted by molar-refractivity contribution is 5.99. The van der Waals surface area contributed by atoms with E-state index in [0.717, 1.165) is 0 Å². The summed E-state index contributed by atoms with van der Waals surface area (Å²) in [5, 5.41) is 33.9. The Balaban J connectivity index is 1.06. The third kappa shape index (κ3) is 9.89. The molecular formula is C41H56N8O12. The van der Waals surface area contributed by atoms with Crippen molar-refractivity contribution in [2.75, 3.05) is 32.7 Å². The fourth-order valence-electron chi connectivity index (χ4n) is 9.48. The van der Waals surface area contributed by atoms with Crippen molar-refractivity contribution in [2.45, 2.75) is 132 Å². The van der Waals surface area contributed by atoms with Gasteiger partial charge in [-0.25, -0.2) is 4.79 Å². The van der Waals surface area contributed by atoms with E-state index in [1.807, 2.05) is 0 Å². The van der Waals surface area contributed by atoms with Gasteiger partial charge in [-0.15, -0.1) is 0 Å². The summed E-state index contributed by atoms with van der Waals surface area (Å²) in [4.78, 5) is 127. The molecule has 20 heteroatoms. The number of phenols is 1. The number of aliphatic carboxylic acids is 2. The van der Waals surface area contributed by atoms with E-state index in [0.29, 0.717) is 76.4 Å². The van der Waals surface area contributed by atoms with Crippen LogP contribution in [0.5, 0.6) is 5.75 Å². The van der Waals surface area contributed by atoms with Gasteiger partial charge >= 0.3 is 11.9 Å². The molecule has 5 fully saturated rings. The fourth-order valence-corrected chi connectivity index (χ4v) is 9.48. The predicted molar refractivity (Wildman–Crippen MR) is 213 cm³/mol. The van der Waals surface area contributed by atoms with Crippen LogP contribution in [0.3, 0.4) is 0 Å². The molecular weight excluding hydrogens is 796 g/mol. The first-order chi connectivity index (χ1) is 29.1. The minimum absolute atomic E-state index is 0.0230. The van der Waals surface area contributed by atoms with Crippen molar-refractivity contribution >= 4 is 53.3 Å². The normalized spacial score (nSPS) is 25.3. The van der Waals surface area contributed by atoms with Crippen molar-refractivity contribution in [1.29, 1.82) is 0 Å². The lowest BCUT2D eigenvalue weighted by molar-refractivity contribution is -0.154. The lowest BCUT2D eigenvalue weighted by Crippen LogP contribution is -2.59. The zero-order valence-electron chi connectivity index (χ0n) is 34.3. The summed E-state index contributed by atoms with van der Waals surface area (Å²) in [5.74, 6) is -6.38. The first kappa shape index (κ1) is 44.8. The molecule has 332 valence electrons. The highest BCUT2D eigenvalue weighted by Crippen LogP contribution is 2.31. The van der Waals surface area contributed by atoms with E-state index in [2.05, 4.69) is 10.6 Å². The van der Waals surface area contributed by atoms with Gasteiger partial charge in [0.15, 0.2) is 0 Å². The molecule has 0 unspecified atom stereocenters. The Bertz CT molecular complexity index is 1900. The minimum atomic E-state index is -1.54. The third-order valence-corrected chi connectivity index (χ3v) is 12.6. The van der Waals surface area contributed by atoms with Crippen molar-refractivity contribution in [3.8, 4) is 5.75 Å². The molecule has 0 spiro atoms. The minimum Gasteiger partial charge on any atom is -0.508 e. The third-order valence-electron chi connectivity index (χ3n) is 12.6. The van der Waals surface area contributed by atoms with Crippen molar-refractivity contribution in [3.05, 3.63) is 29.8 Å². The monoisotopic (exact) mass is 852 g/mol. The van der Waals surface area contributed by atoms with Gasteiger partial charge in [-0.05, 0) is 95.2 Å². The molecule has 0 saturated carbocycles. The Morgan fingerprint density at radius 1 is 0.623 bits per heavy atom. The van der Waals surface area contributed by atoms with Crippen LogP contribution in [-0.2, 0) is 49.6 Å². The molecule has 8 atom stereocenters. The summed E-state index contributed by atoms with van der Waals surface area (Å²) >= 11 is 0. The molecule has 7 N–H and O–H groups in total. The number of benzene rings is 1. The first-order valence-electron chi connectivity index (χ1n) is 21.2. The van der Waals surface area contributed by atoms with Crippen molar-refractivity contribution < 1.29 is 58.5 Å². The maximum Gasteiger partial charge on any atom is 0.326 e. The molecule has 6 rings (SSSR count). The molecule has 5 heterocycles. The maximum atomic E-state index is 14.2. The standard InChI is InChI=1S/C41H56N8O12/c1-23(43-35(54)28-7-2-16-45(28)37(56)27(22-33(51)52)44-34(53)26(42)21-24-12-14-25(50)15-13-24)36(55)46-17-3-8-29(46)38(57)47-18-4-9-30(47)39(58)48-19-5-10-31(48)40(59)49-20-6-11-32(49)41(60)61/h12-15,23,26-32,50H,2-11,16-22,42H2,1H3,(H,43,54)(H,44,53)(H,51,52)(H,60,61)/t23-,26-,27-,28-,29-,30-,31-,32-/m0/s1. The number of carboxylic acid groups (broad SMARTS) is 2. The molecule has 0 radical (unpaired) electrons. The van der Waals surface area contributed by atoms with E-state index in [4.69, 9.17) is 5.73 Å². The van der Waals surface area contributed by atoms with Gasteiger partial charge in [0.2, 0.25) is 41.4 Å². The van der Waals surface area contributed by atoms with E-state index in [1.54, 1.807) is 12.1 Å². The van der Waals surface area contributed by atoms with Gasteiger partial charge in [0, 0.05) is 32.7 Å². The summed E-state index contributed by atoms with van der Waals surface area (Å²) in [6, 6.07) is -2.39. The molecule has 1 aromatic rings. The largest absolute Gasteiger partial charge is 0.508 e. The second-order valence-corrected chi connectivity index (χ2v) is 16.7. The topological polar surface area (TPSA) is 281 Å². The highest BCUT2D eigenvalue weighted by atomic mass is 16.4. The Kier molecular flexibility index (Phi) is 14.1. The van der Waals surface area contributed by atoms with Gasteiger partial charge in [-0.3, -0.25) is 38.4 Å². The van der Waals surface area contributed by atoms with Crippen LogP contribution < -0.4 is 16.4 Å². The van der Waals surface area contributed by atoms with Gasteiger partial charge in [-0.1, -0.05) is 12.1 Å². The van der Waals surface area contributed by atoms with E-state index >= 15 is 0 Å². The average Bonchev–Trinajstić information content (AvgIpc) is 4.08.